The number of carbonyl (C=O) groups is 1. The van der Waals surface area contributed by atoms with Crippen molar-refractivity contribution in [2.75, 3.05) is 4.72 Å². The van der Waals surface area contributed by atoms with Gasteiger partial charge in [-0.05, 0) is 32.9 Å². The molecule has 6 nitrogen and oxygen atoms in total. The Labute approximate surface area is 123 Å². The summed E-state index contributed by atoms with van der Waals surface area (Å²) < 4.78 is 29.0. The van der Waals surface area contributed by atoms with Gasteiger partial charge in [0.1, 0.15) is 4.90 Å². The van der Waals surface area contributed by atoms with Gasteiger partial charge in [0.05, 0.1) is 11.4 Å². The van der Waals surface area contributed by atoms with E-state index in [1.807, 2.05) is 0 Å². The van der Waals surface area contributed by atoms with Crippen molar-refractivity contribution in [3.8, 4) is 0 Å². The van der Waals surface area contributed by atoms with Gasteiger partial charge in [-0.1, -0.05) is 12.1 Å². The summed E-state index contributed by atoms with van der Waals surface area (Å²) in [7, 11) is -2.05. The third kappa shape index (κ3) is 2.97. The van der Waals surface area contributed by atoms with Gasteiger partial charge >= 0.3 is 0 Å². The summed E-state index contributed by atoms with van der Waals surface area (Å²) in [5, 5.41) is 4.11. The van der Waals surface area contributed by atoms with Crippen molar-refractivity contribution in [1.82, 2.24) is 9.78 Å². The minimum atomic E-state index is -3.74. The minimum absolute atomic E-state index is 0.121. The molecule has 0 bridgehead atoms. The molecule has 0 unspecified atom stereocenters. The van der Waals surface area contributed by atoms with Crippen LogP contribution in [0.2, 0.25) is 0 Å². The molecular weight excluding hydrogens is 290 g/mol. The van der Waals surface area contributed by atoms with E-state index in [4.69, 9.17) is 0 Å². The van der Waals surface area contributed by atoms with Gasteiger partial charge in [0.2, 0.25) is 0 Å². The molecular formula is C14H17N3O3S. The average Bonchev–Trinajstić information content (AvgIpc) is 2.63. The second-order valence-corrected chi connectivity index (χ2v) is 6.49. The van der Waals surface area contributed by atoms with E-state index in [2.05, 4.69) is 9.82 Å². The first-order valence-corrected chi connectivity index (χ1v) is 7.84. The maximum absolute atomic E-state index is 12.5. The second-order valence-electron chi connectivity index (χ2n) is 4.87. The first kappa shape index (κ1) is 15.2. The lowest BCUT2D eigenvalue weighted by Gasteiger charge is -2.09. The fourth-order valence-corrected chi connectivity index (χ4v) is 3.64. The van der Waals surface area contributed by atoms with E-state index in [1.54, 1.807) is 39.1 Å². The predicted molar refractivity (Wildman–Crippen MR) is 79.9 cm³/mol. The number of nitrogens with one attached hydrogen (secondary N) is 1. The highest BCUT2D eigenvalue weighted by atomic mass is 32.2. The molecule has 7 heteroatoms. The van der Waals surface area contributed by atoms with Crippen LogP contribution in [0, 0.1) is 13.8 Å². The lowest BCUT2D eigenvalue weighted by atomic mass is 10.1. The number of aromatic nitrogens is 2. The molecule has 0 radical (unpaired) electrons. The van der Waals surface area contributed by atoms with Crippen LogP contribution in [0.1, 0.15) is 28.7 Å². The van der Waals surface area contributed by atoms with Gasteiger partial charge in [0.15, 0.2) is 5.78 Å². The normalized spacial score (nSPS) is 11.4. The molecule has 0 aliphatic carbocycles. The monoisotopic (exact) mass is 307 g/mol. The van der Waals surface area contributed by atoms with Crippen molar-refractivity contribution in [1.29, 1.82) is 0 Å². The standard InChI is InChI=1S/C14H17N3O3S/c1-9-14(10(2)17(4)15-9)21(19,20)16-13-7-5-6-12(8-13)11(3)18/h5-8,16H,1-4H3. The SMILES string of the molecule is CC(=O)c1cccc(NS(=O)(=O)c2c(C)nn(C)c2C)c1. The van der Waals surface area contributed by atoms with Crippen LogP contribution in [0.25, 0.3) is 0 Å². The molecule has 0 aliphatic heterocycles. The maximum Gasteiger partial charge on any atom is 0.265 e. The van der Waals surface area contributed by atoms with Gasteiger partial charge in [-0.3, -0.25) is 14.2 Å². The fourth-order valence-electron chi connectivity index (χ4n) is 2.15. The van der Waals surface area contributed by atoms with E-state index >= 15 is 0 Å². The van der Waals surface area contributed by atoms with Crippen LogP contribution >= 0.6 is 0 Å². The highest BCUT2D eigenvalue weighted by Crippen LogP contribution is 2.22. The number of benzene rings is 1. The van der Waals surface area contributed by atoms with Crippen LogP contribution in [0.15, 0.2) is 29.2 Å². The summed E-state index contributed by atoms with van der Waals surface area (Å²) >= 11 is 0. The van der Waals surface area contributed by atoms with Crippen molar-refractivity contribution in [3.05, 3.63) is 41.2 Å². The van der Waals surface area contributed by atoms with E-state index in [-0.39, 0.29) is 10.7 Å². The number of Topliss-reactive ketones (excluding diaryl/α,β-unsaturated/α-hetero) is 1. The number of carbonyl (C=O) groups excluding carboxylic acids is 1. The molecule has 0 saturated heterocycles. The molecule has 0 amide bonds. The van der Waals surface area contributed by atoms with Crippen molar-refractivity contribution < 1.29 is 13.2 Å². The Morgan fingerprint density at radius 3 is 2.48 bits per heavy atom. The zero-order valence-electron chi connectivity index (χ0n) is 12.3. The number of hydrogen-bond donors (Lipinski definition) is 1. The summed E-state index contributed by atoms with van der Waals surface area (Å²) in [5.74, 6) is -0.121. The molecule has 2 aromatic rings. The number of sulfonamides is 1. The Balaban J connectivity index is 2.42. The van der Waals surface area contributed by atoms with E-state index in [9.17, 15) is 13.2 Å². The van der Waals surface area contributed by atoms with Gasteiger partial charge < -0.3 is 0 Å². The van der Waals surface area contributed by atoms with E-state index in [1.165, 1.54) is 17.7 Å². The lowest BCUT2D eigenvalue weighted by Crippen LogP contribution is -2.15. The summed E-state index contributed by atoms with van der Waals surface area (Å²) in [5.41, 5.74) is 1.80. The number of hydrogen-bond acceptors (Lipinski definition) is 4. The second kappa shape index (κ2) is 5.33. The van der Waals surface area contributed by atoms with Crippen molar-refractivity contribution in [3.63, 3.8) is 0 Å². The molecule has 0 aliphatic rings. The van der Waals surface area contributed by atoms with Crippen LogP contribution in [-0.2, 0) is 17.1 Å². The minimum Gasteiger partial charge on any atom is -0.295 e. The average molecular weight is 307 g/mol. The van der Waals surface area contributed by atoms with E-state index < -0.39 is 10.0 Å². The quantitative estimate of drug-likeness (QED) is 0.876. The highest BCUT2D eigenvalue weighted by Gasteiger charge is 2.23. The van der Waals surface area contributed by atoms with Gasteiger partial charge in [0, 0.05) is 18.3 Å². The zero-order valence-corrected chi connectivity index (χ0v) is 13.2. The summed E-state index contributed by atoms with van der Waals surface area (Å²) in [4.78, 5) is 11.5. The maximum atomic E-state index is 12.5. The summed E-state index contributed by atoms with van der Waals surface area (Å²) in [6.07, 6.45) is 0. The Morgan fingerprint density at radius 2 is 1.95 bits per heavy atom. The molecule has 2 rings (SSSR count). The Morgan fingerprint density at radius 1 is 1.29 bits per heavy atom. The van der Waals surface area contributed by atoms with Gasteiger partial charge in [-0.2, -0.15) is 5.10 Å². The summed E-state index contributed by atoms with van der Waals surface area (Å²) in [6, 6.07) is 6.39. The van der Waals surface area contributed by atoms with Crippen LogP contribution in [-0.4, -0.2) is 24.0 Å². The smallest absolute Gasteiger partial charge is 0.265 e. The third-order valence-corrected chi connectivity index (χ3v) is 4.87. The topological polar surface area (TPSA) is 81.1 Å². The predicted octanol–water partition coefficient (Wildman–Crippen LogP) is 2.04. The van der Waals surface area contributed by atoms with Crippen molar-refractivity contribution in [2.24, 2.45) is 7.05 Å². The molecule has 1 aromatic carbocycles. The van der Waals surface area contributed by atoms with Crippen LogP contribution in [0.3, 0.4) is 0 Å². The van der Waals surface area contributed by atoms with Crippen LogP contribution in [0.4, 0.5) is 5.69 Å². The van der Waals surface area contributed by atoms with Crippen LogP contribution in [0.5, 0.6) is 0 Å². The number of ketones is 1. The molecule has 0 saturated carbocycles. The van der Waals surface area contributed by atoms with Crippen LogP contribution < -0.4 is 4.72 Å². The van der Waals surface area contributed by atoms with Gasteiger partial charge in [0.25, 0.3) is 10.0 Å². The largest absolute Gasteiger partial charge is 0.295 e. The molecule has 1 aromatic heterocycles. The zero-order chi connectivity index (χ0) is 15.8. The molecule has 0 fully saturated rings. The molecule has 0 atom stereocenters. The van der Waals surface area contributed by atoms with Crippen molar-refractivity contribution in [2.45, 2.75) is 25.7 Å². The first-order valence-electron chi connectivity index (χ1n) is 6.36. The number of aryl methyl sites for hydroxylation is 2. The van der Waals surface area contributed by atoms with Crippen molar-refractivity contribution >= 4 is 21.5 Å². The Kier molecular flexibility index (Phi) is 3.87. The third-order valence-electron chi connectivity index (χ3n) is 3.23. The fraction of sp³-hybridized carbons (Fsp3) is 0.286. The van der Waals surface area contributed by atoms with Gasteiger partial charge in [-0.25, -0.2) is 8.42 Å². The lowest BCUT2D eigenvalue weighted by molar-refractivity contribution is 0.101. The molecule has 21 heavy (non-hydrogen) atoms. The molecule has 0 spiro atoms. The highest BCUT2D eigenvalue weighted by molar-refractivity contribution is 7.92. The molecule has 112 valence electrons. The summed E-state index contributed by atoms with van der Waals surface area (Å²) in [6.45, 7) is 4.77. The molecule has 1 N–H and O–H groups in total. The number of nitrogens with zero attached hydrogens (tertiary/aromatic N) is 2. The van der Waals surface area contributed by atoms with E-state index in [0.717, 1.165) is 0 Å². The van der Waals surface area contributed by atoms with E-state index in [0.29, 0.717) is 22.6 Å². The first-order chi connectivity index (χ1) is 9.72. The Bertz CT molecular complexity index is 807. The van der Waals surface area contributed by atoms with Gasteiger partial charge in [-0.15, -0.1) is 0 Å². The number of anilines is 1. The number of rotatable bonds is 4. The Hall–Kier alpha value is -2.15. The molecule has 1 heterocycles.